The van der Waals surface area contributed by atoms with Gasteiger partial charge in [-0.1, -0.05) is 6.07 Å². The van der Waals surface area contributed by atoms with Crippen molar-refractivity contribution in [3.63, 3.8) is 0 Å². The quantitative estimate of drug-likeness (QED) is 0.477. The average Bonchev–Trinajstić information content (AvgIpc) is 2.64. The predicted octanol–water partition coefficient (Wildman–Crippen LogP) is 3.53. The summed E-state index contributed by atoms with van der Waals surface area (Å²) in [6.45, 7) is 11.4. The van der Waals surface area contributed by atoms with Gasteiger partial charge >= 0.3 is 0 Å². The second kappa shape index (κ2) is 11.6. The van der Waals surface area contributed by atoms with Gasteiger partial charge in [0.1, 0.15) is 5.82 Å². The first kappa shape index (κ1) is 22.1. The van der Waals surface area contributed by atoms with E-state index in [0.29, 0.717) is 23.2 Å². The standard InChI is InChI=1S/C20H32BrFN4O/c1-4-23-20(24-14-16-5-6-18(21)19(22)13-16)25-17-7-9-26(10-8-17)11-12-27-15(2)3/h5-6,13,15,17H,4,7-12,14H2,1-3H3,(H2,23,24,25). The average molecular weight is 443 g/mol. The largest absolute Gasteiger partial charge is 0.377 e. The van der Waals surface area contributed by atoms with Crippen LogP contribution in [0.25, 0.3) is 0 Å². The molecule has 0 aromatic heterocycles. The molecule has 152 valence electrons. The number of likely N-dealkylation sites (tertiary alicyclic amines) is 1. The number of rotatable bonds is 8. The number of ether oxygens (including phenoxy) is 1. The number of hydrogen-bond acceptors (Lipinski definition) is 3. The van der Waals surface area contributed by atoms with Gasteiger partial charge < -0.3 is 20.3 Å². The van der Waals surface area contributed by atoms with E-state index in [-0.39, 0.29) is 5.82 Å². The maximum atomic E-state index is 13.7. The fraction of sp³-hybridized carbons (Fsp3) is 0.650. The van der Waals surface area contributed by atoms with Crippen LogP contribution in [0, 0.1) is 5.82 Å². The van der Waals surface area contributed by atoms with Crippen molar-refractivity contribution in [3.05, 3.63) is 34.1 Å². The molecule has 1 fully saturated rings. The van der Waals surface area contributed by atoms with Crippen LogP contribution in [0.1, 0.15) is 39.2 Å². The summed E-state index contributed by atoms with van der Waals surface area (Å²) in [4.78, 5) is 7.07. The van der Waals surface area contributed by atoms with Gasteiger partial charge in [0.05, 0.1) is 23.7 Å². The van der Waals surface area contributed by atoms with Gasteiger partial charge in [0, 0.05) is 32.2 Å². The number of aliphatic imine (C=N–C) groups is 1. The zero-order valence-electron chi connectivity index (χ0n) is 16.6. The molecule has 0 aliphatic carbocycles. The summed E-state index contributed by atoms with van der Waals surface area (Å²) in [6, 6.07) is 5.54. The Morgan fingerprint density at radius 1 is 1.37 bits per heavy atom. The van der Waals surface area contributed by atoms with Crippen LogP contribution in [0.5, 0.6) is 0 Å². The van der Waals surface area contributed by atoms with Gasteiger partial charge in [0.15, 0.2) is 5.96 Å². The van der Waals surface area contributed by atoms with Crippen molar-refractivity contribution < 1.29 is 9.13 Å². The molecule has 0 spiro atoms. The van der Waals surface area contributed by atoms with Gasteiger partial charge in [-0.15, -0.1) is 0 Å². The van der Waals surface area contributed by atoms with E-state index in [4.69, 9.17) is 4.74 Å². The summed E-state index contributed by atoms with van der Waals surface area (Å²) in [5.41, 5.74) is 0.855. The molecule has 0 bridgehead atoms. The molecule has 27 heavy (non-hydrogen) atoms. The Morgan fingerprint density at radius 2 is 2.11 bits per heavy atom. The fourth-order valence-electron chi connectivity index (χ4n) is 3.04. The van der Waals surface area contributed by atoms with E-state index in [2.05, 4.69) is 50.3 Å². The lowest BCUT2D eigenvalue weighted by Crippen LogP contribution is -2.49. The summed E-state index contributed by atoms with van der Waals surface area (Å²) in [5, 5.41) is 6.81. The highest BCUT2D eigenvalue weighted by Gasteiger charge is 2.19. The van der Waals surface area contributed by atoms with E-state index in [1.165, 1.54) is 6.07 Å². The third kappa shape index (κ3) is 8.15. The van der Waals surface area contributed by atoms with E-state index in [1.807, 2.05) is 13.0 Å². The van der Waals surface area contributed by atoms with Gasteiger partial charge in [-0.2, -0.15) is 0 Å². The van der Waals surface area contributed by atoms with Crippen molar-refractivity contribution in [2.24, 2.45) is 4.99 Å². The zero-order valence-corrected chi connectivity index (χ0v) is 18.2. The molecule has 1 aliphatic heterocycles. The number of nitrogens with zero attached hydrogens (tertiary/aromatic N) is 2. The number of guanidine groups is 1. The van der Waals surface area contributed by atoms with Crippen LogP contribution in [0.4, 0.5) is 4.39 Å². The van der Waals surface area contributed by atoms with E-state index >= 15 is 0 Å². The maximum Gasteiger partial charge on any atom is 0.191 e. The van der Waals surface area contributed by atoms with Crippen molar-refractivity contribution in [2.75, 3.05) is 32.8 Å². The maximum absolute atomic E-state index is 13.7. The molecular formula is C20H32BrFN4O. The van der Waals surface area contributed by atoms with Gasteiger partial charge in [-0.25, -0.2) is 9.38 Å². The SMILES string of the molecule is CCNC(=NCc1ccc(Br)c(F)c1)NC1CCN(CCOC(C)C)CC1. The van der Waals surface area contributed by atoms with Crippen LogP contribution >= 0.6 is 15.9 Å². The third-order valence-electron chi connectivity index (χ3n) is 4.54. The zero-order chi connectivity index (χ0) is 19.6. The van der Waals surface area contributed by atoms with E-state index < -0.39 is 0 Å². The molecule has 5 nitrogen and oxygen atoms in total. The van der Waals surface area contributed by atoms with E-state index in [0.717, 1.165) is 57.2 Å². The smallest absolute Gasteiger partial charge is 0.191 e. The Morgan fingerprint density at radius 3 is 2.74 bits per heavy atom. The summed E-state index contributed by atoms with van der Waals surface area (Å²) in [5.74, 6) is 0.539. The van der Waals surface area contributed by atoms with Crippen LogP contribution < -0.4 is 10.6 Å². The van der Waals surface area contributed by atoms with E-state index in [1.54, 1.807) is 6.07 Å². The molecule has 1 heterocycles. The highest BCUT2D eigenvalue weighted by atomic mass is 79.9. The molecule has 2 rings (SSSR count). The van der Waals surface area contributed by atoms with Gasteiger partial charge in [0.2, 0.25) is 0 Å². The first-order valence-corrected chi connectivity index (χ1v) is 10.6. The summed E-state index contributed by atoms with van der Waals surface area (Å²) >= 11 is 3.18. The topological polar surface area (TPSA) is 48.9 Å². The van der Waals surface area contributed by atoms with Crippen molar-refractivity contribution >= 4 is 21.9 Å². The molecule has 1 aliphatic rings. The Balaban J connectivity index is 1.81. The van der Waals surface area contributed by atoms with Gasteiger partial charge in [-0.05, 0) is 67.2 Å². The molecule has 0 atom stereocenters. The van der Waals surface area contributed by atoms with Crippen molar-refractivity contribution in [3.8, 4) is 0 Å². The summed E-state index contributed by atoms with van der Waals surface area (Å²) < 4.78 is 19.8. The van der Waals surface area contributed by atoms with Crippen molar-refractivity contribution in [2.45, 2.75) is 52.3 Å². The summed E-state index contributed by atoms with van der Waals surface area (Å²) in [6.07, 6.45) is 2.46. The minimum atomic E-state index is -0.255. The molecule has 0 saturated carbocycles. The van der Waals surface area contributed by atoms with Crippen molar-refractivity contribution in [1.29, 1.82) is 0 Å². The number of halogens is 2. The first-order valence-electron chi connectivity index (χ1n) is 9.80. The minimum Gasteiger partial charge on any atom is -0.377 e. The lowest BCUT2D eigenvalue weighted by atomic mass is 10.1. The van der Waals surface area contributed by atoms with Crippen LogP contribution in [0.3, 0.4) is 0 Å². The number of piperidine rings is 1. The van der Waals surface area contributed by atoms with Crippen LogP contribution in [-0.4, -0.2) is 55.8 Å². The lowest BCUT2D eigenvalue weighted by molar-refractivity contribution is 0.0532. The normalized spacial score (nSPS) is 16.7. The first-order chi connectivity index (χ1) is 13.0. The molecule has 0 amide bonds. The fourth-order valence-corrected chi connectivity index (χ4v) is 3.29. The Labute approximate surface area is 170 Å². The molecule has 0 unspecified atom stereocenters. The highest BCUT2D eigenvalue weighted by molar-refractivity contribution is 9.10. The van der Waals surface area contributed by atoms with Gasteiger partial charge in [-0.3, -0.25) is 0 Å². The summed E-state index contributed by atoms with van der Waals surface area (Å²) in [7, 11) is 0. The number of benzene rings is 1. The lowest BCUT2D eigenvalue weighted by Gasteiger charge is -2.33. The minimum absolute atomic E-state index is 0.255. The van der Waals surface area contributed by atoms with E-state index in [9.17, 15) is 4.39 Å². The Hall–Kier alpha value is -1.18. The molecular weight excluding hydrogens is 411 g/mol. The van der Waals surface area contributed by atoms with Crippen molar-refractivity contribution in [1.82, 2.24) is 15.5 Å². The Kier molecular flexibility index (Phi) is 9.51. The molecule has 1 aromatic rings. The third-order valence-corrected chi connectivity index (χ3v) is 5.18. The predicted molar refractivity (Wildman–Crippen MR) is 113 cm³/mol. The van der Waals surface area contributed by atoms with Gasteiger partial charge in [0.25, 0.3) is 0 Å². The monoisotopic (exact) mass is 442 g/mol. The second-order valence-corrected chi connectivity index (χ2v) is 7.98. The number of nitrogens with one attached hydrogen (secondary N) is 2. The van der Waals surface area contributed by atoms with Crippen LogP contribution in [0.15, 0.2) is 27.7 Å². The highest BCUT2D eigenvalue weighted by Crippen LogP contribution is 2.17. The number of hydrogen-bond donors (Lipinski definition) is 2. The molecule has 7 heteroatoms. The van der Waals surface area contributed by atoms with Crippen LogP contribution in [-0.2, 0) is 11.3 Å². The second-order valence-electron chi connectivity index (χ2n) is 7.12. The molecule has 1 saturated heterocycles. The molecule has 1 aromatic carbocycles. The molecule has 0 radical (unpaired) electrons. The Bertz CT molecular complexity index is 604. The van der Waals surface area contributed by atoms with Crippen LogP contribution in [0.2, 0.25) is 0 Å². The molecule has 2 N–H and O–H groups in total.